The standard InChI is InChI=1S/C18H19N3O4S/c1-23-11-6-9(7-12(24-2)15(11)25-3)16-20-17(22)14-10-4-5-19-8-13(10)26-18(14)21-16/h6-7,19H,4-5,8H2,1-3H3,(H,20,21,22). The molecular formula is C18H19N3O4S. The van der Waals surface area contributed by atoms with Crippen LogP contribution in [0.2, 0.25) is 0 Å². The molecule has 8 heteroatoms. The van der Waals surface area contributed by atoms with Crippen molar-refractivity contribution in [3.8, 4) is 28.6 Å². The van der Waals surface area contributed by atoms with Crippen molar-refractivity contribution in [2.24, 2.45) is 0 Å². The van der Waals surface area contributed by atoms with E-state index in [0.29, 0.717) is 34.0 Å². The Morgan fingerprint density at radius 2 is 1.85 bits per heavy atom. The highest BCUT2D eigenvalue weighted by molar-refractivity contribution is 7.18. The molecule has 0 atom stereocenters. The van der Waals surface area contributed by atoms with Gasteiger partial charge in [0.15, 0.2) is 11.5 Å². The summed E-state index contributed by atoms with van der Waals surface area (Å²) >= 11 is 1.57. The van der Waals surface area contributed by atoms with Crippen LogP contribution in [-0.2, 0) is 13.0 Å². The van der Waals surface area contributed by atoms with Gasteiger partial charge in [0, 0.05) is 17.0 Å². The van der Waals surface area contributed by atoms with Crippen LogP contribution in [0.25, 0.3) is 21.6 Å². The van der Waals surface area contributed by atoms with Gasteiger partial charge in [0.25, 0.3) is 5.56 Å². The molecule has 0 aliphatic carbocycles. The minimum Gasteiger partial charge on any atom is -0.493 e. The zero-order valence-electron chi connectivity index (χ0n) is 14.8. The number of aromatic amines is 1. The van der Waals surface area contributed by atoms with Crippen molar-refractivity contribution in [1.29, 1.82) is 0 Å². The van der Waals surface area contributed by atoms with Crippen LogP contribution in [0.3, 0.4) is 0 Å². The molecule has 0 radical (unpaired) electrons. The van der Waals surface area contributed by atoms with E-state index in [1.807, 2.05) is 0 Å². The smallest absolute Gasteiger partial charge is 0.260 e. The van der Waals surface area contributed by atoms with Gasteiger partial charge >= 0.3 is 0 Å². The molecule has 2 N–H and O–H groups in total. The second kappa shape index (κ2) is 6.62. The van der Waals surface area contributed by atoms with Crippen molar-refractivity contribution in [1.82, 2.24) is 15.3 Å². The largest absolute Gasteiger partial charge is 0.493 e. The lowest BCUT2D eigenvalue weighted by atomic mass is 10.1. The van der Waals surface area contributed by atoms with E-state index in [0.717, 1.165) is 29.9 Å². The molecule has 7 nitrogen and oxygen atoms in total. The number of nitrogens with zero attached hydrogens (tertiary/aromatic N) is 1. The molecule has 2 aromatic heterocycles. The van der Waals surface area contributed by atoms with Gasteiger partial charge < -0.3 is 24.5 Å². The van der Waals surface area contributed by atoms with E-state index >= 15 is 0 Å². The first-order chi connectivity index (χ1) is 12.7. The average molecular weight is 373 g/mol. The Kier molecular flexibility index (Phi) is 4.29. The second-order valence-electron chi connectivity index (χ2n) is 5.94. The van der Waals surface area contributed by atoms with E-state index in [2.05, 4.69) is 10.3 Å². The van der Waals surface area contributed by atoms with Crippen molar-refractivity contribution in [2.75, 3.05) is 27.9 Å². The topological polar surface area (TPSA) is 85.5 Å². The first-order valence-corrected chi connectivity index (χ1v) is 9.03. The summed E-state index contributed by atoms with van der Waals surface area (Å²) in [5.41, 5.74) is 1.70. The van der Waals surface area contributed by atoms with Crippen molar-refractivity contribution >= 4 is 21.6 Å². The Bertz CT molecular complexity index is 1020. The fraction of sp³-hybridized carbons (Fsp3) is 0.333. The van der Waals surface area contributed by atoms with Crippen LogP contribution >= 0.6 is 11.3 Å². The molecule has 0 fully saturated rings. The molecule has 0 saturated heterocycles. The summed E-state index contributed by atoms with van der Waals surface area (Å²) in [4.78, 5) is 22.3. The molecule has 4 rings (SSSR count). The van der Waals surface area contributed by atoms with Gasteiger partial charge in [-0.05, 0) is 30.7 Å². The minimum atomic E-state index is -0.113. The van der Waals surface area contributed by atoms with Crippen LogP contribution in [-0.4, -0.2) is 37.8 Å². The van der Waals surface area contributed by atoms with Crippen molar-refractivity contribution in [3.63, 3.8) is 0 Å². The summed E-state index contributed by atoms with van der Waals surface area (Å²) in [6.07, 6.45) is 0.851. The van der Waals surface area contributed by atoms with Crippen LogP contribution in [0.1, 0.15) is 10.4 Å². The molecule has 1 aliphatic rings. The van der Waals surface area contributed by atoms with Gasteiger partial charge in [0.05, 0.1) is 26.7 Å². The number of benzene rings is 1. The van der Waals surface area contributed by atoms with E-state index in [4.69, 9.17) is 19.2 Å². The Hall–Kier alpha value is -2.58. The van der Waals surface area contributed by atoms with Gasteiger partial charge in [-0.25, -0.2) is 4.98 Å². The summed E-state index contributed by atoms with van der Waals surface area (Å²) in [5.74, 6) is 2.01. The lowest BCUT2D eigenvalue weighted by Crippen LogP contribution is -2.23. The number of rotatable bonds is 4. The zero-order valence-corrected chi connectivity index (χ0v) is 15.6. The maximum absolute atomic E-state index is 12.7. The lowest BCUT2D eigenvalue weighted by molar-refractivity contribution is 0.324. The van der Waals surface area contributed by atoms with Gasteiger partial charge in [-0.1, -0.05) is 0 Å². The number of nitrogens with one attached hydrogen (secondary N) is 2. The molecule has 0 saturated carbocycles. The third-order valence-corrected chi connectivity index (χ3v) is 5.65. The molecule has 26 heavy (non-hydrogen) atoms. The predicted octanol–water partition coefficient (Wildman–Crippen LogP) is 2.32. The number of methoxy groups -OCH3 is 3. The fourth-order valence-corrected chi connectivity index (χ4v) is 4.48. The van der Waals surface area contributed by atoms with Gasteiger partial charge in [0.1, 0.15) is 10.7 Å². The van der Waals surface area contributed by atoms with Gasteiger partial charge in [-0.15, -0.1) is 11.3 Å². The molecule has 136 valence electrons. The highest BCUT2D eigenvalue weighted by Gasteiger charge is 2.21. The molecule has 0 bridgehead atoms. The Labute approximate surface area is 153 Å². The number of thiophene rings is 1. The molecule has 0 spiro atoms. The maximum atomic E-state index is 12.7. The monoisotopic (exact) mass is 373 g/mol. The number of fused-ring (bicyclic) bond motifs is 3. The van der Waals surface area contributed by atoms with Crippen LogP contribution in [0.5, 0.6) is 17.2 Å². The molecule has 1 aliphatic heterocycles. The Morgan fingerprint density at radius 1 is 1.12 bits per heavy atom. The van der Waals surface area contributed by atoms with Crippen molar-refractivity contribution < 1.29 is 14.2 Å². The van der Waals surface area contributed by atoms with E-state index in [1.165, 1.54) is 4.88 Å². The first kappa shape index (κ1) is 16.9. The van der Waals surface area contributed by atoms with Crippen LogP contribution in [0.15, 0.2) is 16.9 Å². The molecule has 0 amide bonds. The lowest BCUT2D eigenvalue weighted by Gasteiger charge is -2.14. The average Bonchev–Trinajstić information content (AvgIpc) is 3.05. The first-order valence-electron chi connectivity index (χ1n) is 8.22. The Morgan fingerprint density at radius 3 is 2.50 bits per heavy atom. The summed E-state index contributed by atoms with van der Waals surface area (Å²) in [6.45, 7) is 1.67. The molecule has 1 aromatic carbocycles. The SMILES string of the molecule is COc1cc(-c2nc3sc4c(c3c(=O)[nH]2)CCNC4)cc(OC)c1OC. The molecule has 3 heterocycles. The Balaban J connectivity index is 1.91. The molecule has 3 aromatic rings. The number of ether oxygens (including phenoxy) is 3. The maximum Gasteiger partial charge on any atom is 0.260 e. The van der Waals surface area contributed by atoms with E-state index in [1.54, 1.807) is 44.8 Å². The molecular weight excluding hydrogens is 354 g/mol. The van der Waals surface area contributed by atoms with Crippen molar-refractivity contribution in [2.45, 2.75) is 13.0 Å². The highest BCUT2D eigenvalue weighted by atomic mass is 32.1. The van der Waals surface area contributed by atoms with Gasteiger partial charge in [-0.2, -0.15) is 0 Å². The summed E-state index contributed by atoms with van der Waals surface area (Å²) in [6, 6.07) is 3.56. The van der Waals surface area contributed by atoms with Gasteiger partial charge in [-0.3, -0.25) is 4.79 Å². The quantitative estimate of drug-likeness (QED) is 0.730. The number of hydrogen-bond donors (Lipinski definition) is 2. The summed E-state index contributed by atoms with van der Waals surface area (Å²) in [7, 11) is 4.66. The highest BCUT2D eigenvalue weighted by Crippen LogP contribution is 2.41. The van der Waals surface area contributed by atoms with Crippen LogP contribution in [0, 0.1) is 0 Å². The zero-order chi connectivity index (χ0) is 18.3. The van der Waals surface area contributed by atoms with Crippen LogP contribution < -0.4 is 25.1 Å². The number of hydrogen-bond acceptors (Lipinski definition) is 7. The summed E-state index contributed by atoms with van der Waals surface area (Å²) < 4.78 is 16.1. The van der Waals surface area contributed by atoms with Crippen molar-refractivity contribution in [3.05, 3.63) is 32.9 Å². The number of aromatic nitrogens is 2. The van der Waals surface area contributed by atoms with E-state index in [9.17, 15) is 4.79 Å². The fourth-order valence-electron chi connectivity index (χ4n) is 3.29. The summed E-state index contributed by atoms with van der Waals surface area (Å²) in [5, 5.41) is 4.04. The molecule has 0 unspecified atom stereocenters. The third-order valence-electron chi connectivity index (χ3n) is 4.52. The predicted molar refractivity (Wildman–Crippen MR) is 101 cm³/mol. The van der Waals surface area contributed by atoms with Crippen LogP contribution in [0.4, 0.5) is 0 Å². The number of H-pyrrole nitrogens is 1. The van der Waals surface area contributed by atoms with Gasteiger partial charge in [0.2, 0.25) is 5.75 Å². The minimum absolute atomic E-state index is 0.113. The normalized spacial score (nSPS) is 13.5. The second-order valence-corrected chi connectivity index (χ2v) is 7.02. The van der Waals surface area contributed by atoms with E-state index < -0.39 is 0 Å². The third kappa shape index (κ3) is 2.62. The van der Waals surface area contributed by atoms with E-state index in [-0.39, 0.29) is 5.56 Å².